The first kappa shape index (κ1) is 32.6. The second-order valence-electron chi connectivity index (χ2n) is 13.8. The first-order valence-electron chi connectivity index (χ1n) is 18.5. The van der Waals surface area contributed by atoms with E-state index in [4.69, 9.17) is 15.0 Å². The Kier molecular flexibility index (Phi) is 7.83. The van der Waals surface area contributed by atoms with Crippen molar-refractivity contribution in [2.45, 2.75) is 0 Å². The van der Waals surface area contributed by atoms with Gasteiger partial charge in [-0.05, 0) is 82.4 Å². The summed E-state index contributed by atoms with van der Waals surface area (Å²) in [6.07, 6.45) is 3.68. The third-order valence-electron chi connectivity index (χ3n) is 10.4. The van der Waals surface area contributed by atoms with Crippen molar-refractivity contribution >= 4 is 63.0 Å². The molecule has 0 amide bonds. The summed E-state index contributed by atoms with van der Waals surface area (Å²) < 4.78 is 5.10. The number of fused-ring (bicyclic) bond motifs is 6. The highest BCUT2D eigenvalue weighted by Crippen LogP contribution is 2.45. The summed E-state index contributed by atoms with van der Waals surface area (Å²) in [4.78, 5) is 20.0. The molecule has 0 saturated heterocycles. The third-order valence-corrected chi connectivity index (χ3v) is 12.7. The average molecular weight is 751 g/mol. The number of hydrogen-bond donors (Lipinski definition) is 0. The van der Waals surface area contributed by atoms with Gasteiger partial charge in [0.05, 0.1) is 0 Å². The lowest BCUT2D eigenvalue weighted by atomic mass is 9.92. The van der Waals surface area contributed by atoms with Crippen LogP contribution >= 0.6 is 22.7 Å². The smallest absolute Gasteiger partial charge is 0.164 e. The summed E-state index contributed by atoms with van der Waals surface area (Å²) >= 11 is 3.68. The van der Waals surface area contributed by atoms with Crippen LogP contribution in [-0.2, 0) is 0 Å². The highest BCUT2D eigenvalue weighted by atomic mass is 32.1. The fourth-order valence-electron chi connectivity index (χ4n) is 7.82. The van der Waals surface area contributed by atoms with E-state index in [9.17, 15) is 0 Å². The van der Waals surface area contributed by atoms with Crippen LogP contribution in [0.2, 0.25) is 0 Å². The van der Waals surface area contributed by atoms with Gasteiger partial charge in [-0.3, -0.25) is 4.98 Å². The van der Waals surface area contributed by atoms with Crippen LogP contribution in [0.5, 0.6) is 0 Å². The first-order valence-corrected chi connectivity index (χ1v) is 20.2. The Morgan fingerprint density at radius 2 is 0.786 bits per heavy atom. The van der Waals surface area contributed by atoms with Gasteiger partial charge >= 0.3 is 0 Å². The van der Waals surface area contributed by atoms with Gasteiger partial charge in [0.1, 0.15) is 0 Å². The molecule has 0 fully saturated rings. The fraction of sp³-hybridized carbons (Fsp3) is 0. The highest BCUT2D eigenvalue weighted by molar-refractivity contribution is 7.26. The standard InChI is InChI=1S/C50H30N4S2/c1-2-12-31(13-3-1)48-52-49(33-15-8-14-32(26-33)34-16-11-25-51-30-34)54-50(53-48)37-28-35(38-19-9-23-44-46(38)40-17-4-6-21-42(40)55-44)27-36(29-37)39-20-10-24-45-47(39)41-18-5-7-22-43(41)56-45/h1-30H. The lowest BCUT2D eigenvalue weighted by molar-refractivity contribution is 1.07. The predicted octanol–water partition coefficient (Wildman–Crippen LogP) is 14.0. The first-order chi connectivity index (χ1) is 27.7. The summed E-state index contributed by atoms with van der Waals surface area (Å²) in [5.41, 5.74) is 9.46. The lowest BCUT2D eigenvalue weighted by Crippen LogP contribution is -2.01. The Hall–Kier alpha value is -6.86. The van der Waals surface area contributed by atoms with E-state index in [1.165, 1.54) is 51.5 Å². The van der Waals surface area contributed by atoms with Gasteiger partial charge in [0, 0.05) is 75.0 Å². The van der Waals surface area contributed by atoms with E-state index in [0.29, 0.717) is 17.5 Å². The molecule has 4 heterocycles. The topological polar surface area (TPSA) is 51.6 Å². The van der Waals surface area contributed by atoms with Crippen molar-refractivity contribution in [3.05, 3.63) is 182 Å². The van der Waals surface area contributed by atoms with Crippen LogP contribution in [0.3, 0.4) is 0 Å². The number of rotatable bonds is 6. The molecule has 0 spiro atoms. The van der Waals surface area contributed by atoms with E-state index in [0.717, 1.165) is 38.9 Å². The van der Waals surface area contributed by atoms with E-state index < -0.39 is 0 Å². The van der Waals surface area contributed by atoms with Gasteiger partial charge < -0.3 is 0 Å². The fourth-order valence-corrected chi connectivity index (χ4v) is 10.1. The Labute approximate surface area is 331 Å². The molecule has 56 heavy (non-hydrogen) atoms. The van der Waals surface area contributed by atoms with Gasteiger partial charge in [-0.15, -0.1) is 22.7 Å². The summed E-state index contributed by atoms with van der Waals surface area (Å²) in [5.74, 6) is 1.86. The maximum Gasteiger partial charge on any atom is 0.164 e. The third kappa shape index (κ3) is 5.66. The molecule has 0 aliphatic heterocycles. The number of aromatic nitrogens is 4. The molecule has 0 atom stereocenters. The Morgan fingerprint density at radius 1 is 0.321 bits per heavy atom. The Balaban J connectivity index is 1.18. The molecule has 0 saturated carbocycles. The monoisotopic (exact) mass is 750 g/mol. The minimum atomic E-state index is 0.614. The van der Waals surface area contributed by atoms with Crippen molar-refractivity contribution in [2.24, 2.45) is 0 Å². The van der Waals surface area contributed by atoms with Crippen LogP contribution in [-0.4, -0.2) is 19.9 Å². The summed E-state index contributed by atoms with van der Waals surface area (Å²) in [6.45, 7) is 0. The van der Waals surface area contributed by atoms with Crippen LogP contribution in [0.25, 0.3) is 108 Å². The van der Waals surface area contributed by atoms with Gasteiger partial charge in [0.15, 0.2) is 17.5 Å². The van der Waals surface area contributed by atoms with Gasteiger partial charge in [0.2, 0.25) is 0 Å². The quantitative estimate of drug-likeness (QED) is 0.170. The van der Waals surface area contributed by atoms with Crippen molar-refractivity contribution < 1.29 is 0 Å². The number of pyridine rings is 1. The molecule has 0 aliphatic rings. The van der Waals surface area contributed by atoms with Crippen molar-refractivity contribution in [3.63, 3.8) is 0 Å². The predicted molar refractivity (Wildman–Crippen MR) is 236 cm³/mol. The molecule has 7 aromatic carbocycles. The van der Waals surface area contributed by atoms with Gasteiger partial charge in [0.25, 0.3) is 0 Å². The molecule has 0 N–H and O–H groups in total. The maximum absolute atomic E-state index is 5.27. The molecule has 4 nitrogen and oxygen atoms in total. The molecule has 0 unspecified atom stereocenters. The van der Waals surface area contributed by atoms with Crippen molar-refractivity contribution in [2.75, 3.05) is 0 Å². The van der Waals surface area contributed by atoms with Crippen molar-refractivity contribution in [3.8, 4) is 67.5 Å². The molecule has 11 aromatic rings. The van der Waals surface area contributed by atoms with Crippen LogP contribution in [0.1, 0.15) is 0 Å². The Morgan fingerprint density at radius 3 is 1.41 bits per heavy atom. The van der Waals surface area contributed by atoms with Gasteiger partial charge in [-0.2, -0.15) is 0 Å². The summed E-state index contributed by atoms with van der Waals surface area (Å²) in [6, 6.07) is 60.2. The molecule has 0 radical (unpaired) electrons. The normalized spacial score (nSPS) is 11.6. The van der Waals surface area contributed by atoms with Crippen molar-refractivity contribution in [1.82, 2.24) is 19.9 Å². The molecule has 0 aliphatic carbocycles. The molecular weight excluding hydrogens is 721 g/mol. The SMILES string of the molecule is c1ccc(-c2nc(-c3cccc(-c4cccnc4)c3)nc(-c3cc(-c4cccc5sc6ccccc6c45)cc(-c4cccc5sc6ccccc6c45)c3)n2)cc1. The largest absolute Gasteiger partial charge is 0.264 e. The van der Waals surface area contributed by atoms with E-state index >= 15 is 0 Å². The van der Waals surface area contributed by atoms with Crippen LogP contribution in [0.15, 0.2) is 182 Å². The van der Waals surface area contributed by atoms with E-state index in [2.05, 4.69) is 151 Å². The molecule has 11 rings (SSSR count). The van der Waals surface area contributed by atoms with Crippen LogP contribution < -0.4 is 0 Å². The number of thiophene rings is 2. The summed E-state index contributed by atoms with van der Waals surface area (Å²) in [5, 5.41) is 5.07. The second kappa shape index (κ2) is 13.5. The molecule has 6 heteroatoms. The molecular formula is C50H30N4S2. The van der Waals surface area contributed by atoms with E-state index in [-0.39, 0.29) is 0 Å². The molecule has 262 valence electrons. The van der Waals surface area contributed by atoms with Crippen LogP contribution in [0, 0.1) is 0 Å². The number of benzene rings is 7. The zero-order valence-corrected chi connectivity index (χ0v) is 31.6. The zero-order chi connectivity index (χ0) is 37.0. The number of nitrogens with zero attached hydrogens (tertiary/aromatic N) is 4. The van der Waals surface area contributed by atoms with Crippen LogP contribution in [0.4, 0.5) is 0 Å². The van der Waals surface area contributed by atoms with Gasteiger partial charge in [-0.25, -0.2) is 15.0 Å². The van der Waals surface area contributed by atoms with Crippen molar-refractivity contribution in [1.29, 1.82) is 0 Å². The van der Waals surface area contributed by atoms with Gasteiger partial charge in [-0.1, -0.05) is 115 Å². The number of hydrogen-bond acceptors (Lipinski definition) is 6. The minimum Gasteiger partial charge on any atom is -0.264 e. The molecule has 4 aromatic heterocycles. The van der Waals surface area contributed by atoms with E-state index in [1.54, 1.807) is 6.20 Å². The highest BCUT2D eigenvalue weighted by Gasteiger charge is 2.19. The van der Waals surface area contributed by atoms with E-state index in [1.807, 2.05) is 53.1 Å². The second-order valence-corrected chi connectivity index (χ2v) is 16.0. The average Bonchev–Trinajstić information content (AvgIpc) is 3.86. The summed E-state index contributed by atoms with van der Waals surface area (Å²) in [7, 11) is 0. The zero-order valence-electron chi connectivity index (χ0n) is 29.9. The minimum absolute atomic E-state index is 0.614. The molecule has 0 bridgehead atoms. The Bertz CT molecular complexity index is 3130. The lowest BCUT2D eigenvalue weighted by Gasteiger charge is -2.14. The maximum atomic E-state index is 5.27.